The highest BCUT2D eigenvalue weighted by Crippen LogP contribution is 2.18. The first kappa shape index (κ1) is 16.2. The lowest BCUT2D eigenvalue weighted by Crippen LogP contribution is -2.47. The minimum Gasteiger partial charge on any atom is -0.339 e. The molecule has 1 aliphatic rings. The third-order valence-electron chi connectivity index (χ3n) is 4.24. The van der Waals surface area contributed by atoms with E-state index in [2.05, 4.69) is 59.3 Å². The fourth-order valence-corrected chi connectivity index (χ4v) is 2.92. The Morgan fingerprint density at radius 3 is 2.38 bits per heavy atom. The molecule has 8 heteroatoms. The highest BCUT2D eigenvalue weighted by atomic mass is 15.4. The zero-order chi connectivity index (χ0) is 17.8. The lowest BCUT2D eigenvalue weighted by molar-refractivity contribution is 0.624. The van der Waals surface area contributed by atoms with Crippen molar-refractivity contribution in [2.75, 3.05) is 41.3 Å². The first-order chi connectivity index (χ1) is 12.8. The number of nitrogens with one attached hydrogen (secondary N) is 1. The molecule has 0 aliphatic carbocycles. The van der Waals surface area contributed by atoms with Crippen molar-refractivity contribution in [1.82, 2.24) is 25.1 Å². The SMILES string of the molecule is Cc1cccc(Nc2cnnc(N3CCN(c4ncccn4)CC3)n2)c1. The Bertz CT molecular complexity index is 862. The first-order valence-electron chi connectivity index (χ1n) is 8.58. The topological polar surface area (TPSA) is 83.0 Å². The molecule has 1 aromatic carbocycles. The van der Waals surface area contributed by atoms with Gasteiger partial charge in [-0.2, -0.15) is 10.1 Å². The molecule has 8 nitrogen and oxygen atoms in total. The van der Waals surface area contributed by atoms with Crippen LogP contribution < -0.4 is 15.1 Å². The molecule has 3 aromatic rings. The number of anilines is 4. The summed E-state index contributed by atoms with van der Waals surface area (Å²) in [7, 11) is 0. The predicted molar refractivity (Wildman–Crippen MR) is 101 cm³/mol. The maximum Gasteiger partial charge on any atom is 0.247 e. The van der Waals surface area contributed by atoms with Crippen LogP contribution in [-0.2, 0) is 0 Å². The van der Waals surface area contributed by atoms with Crippen LogP contribution in [0.2, 0.25) is 0 Å². The van der Waals surface area contributed by atoms with E-state index >= 15 is 0 Å². The van der Waals surface area contributed by atoms with Gasteiger partial charge in [-0.1, -0.05) is 12.1 Å². The molecule has 3 heterocycles. The standard InChI is InChI=1S/C18H20N8/c1-14-4-2-5-15(12-14)22-16-13-21-24-18(23-16)26-10-8-25(9-11-26)17-19-6-3-7-20-17/h2-7,12-13H,8-11H2,1H3,(H,22,23,24). The molecule has 0 saturated carbocycles. The van der Waals surface area contributed by atoms with Gasteiger partial charge in [0.25, 0.3) is 0 Å². The van der Waals surface area contributed by atoms with Crippen molar-refractivity contribution in [2.24, 2.45) is 0 Å². The number of piperazine rings is 1. The van der Waals surface area contributed by atoms with Crippen molar-refractivity contribution in [1.29, 1.82) is 0 Å². The van der Waals surface area contributed by atoms with Gasteiger partial charge < -0.3 is 15.1 Å². The van der Waals surface area contributed by atoms with Gasteiger partial charge in [0.05, 0.1) is 6.20 Å². The molecule has 1 N–H and O–H groups in total. The Hall–Kier alpha value is -3.29. The number of nitrogens with zero attached hydrogens (tertiary/aromatic N) is 7. The second-order valence-corrected chi connectivity index (χ2v) is 6.16. The summed E-state index contributed by atoms with van der Waals surface area (Å²) in [6.45, 7) is 5.30. The maximum atomic E-state index is 4.61. The van der Waals surface area contributed by atoms with Crippen molar-refractivity contribution in [3.8, 4) is 0 Å². The summed E-state index contributed by atoms with van der Waals surface area (Å²) in [5.41, 5.74) is 2.18. The monoisotopic (exact) mass is 348 g/mol. The molecular weight excluding hydrogens is 328 g/mol. The van der Waals surface area contributed by atoms with Gasteiger partial charge in [0, 0.05) is 44.3 Å². The second kappa shape index (κ2) is 7.30. The third-order valence-corrected chi connectivity index (χ3v) is 4.24. The summed E-state index contributed by atoms with van der Waals surface area (Å²) in [6.07, 6.45) is 5.17. The molecule has 2 aromatic heterocycles. The summed E-state index contributed by atoms with van der Waals surface area (Å²) in [4.78, 5) is 17.5. The van der Waals surface area contributed by atoms with Crippen LogP contribution in [0, 0.1) is 6.92 Å². The van der Waals surface area contributed by atoms with Crippen LogP contribution in [0.5, 0.6) is 0 Å². The van der Waals surface area contributed by atoms with E-state index in [1.807, 2.05) is 18.2 Å². The first-order valence-corrected chi connectivity index (χ1v) is 8.58. The normalized spacial score (nSPS) is 14.3. The molecule has 1 fully saturated rings. The van der Waals surface area contributed by atoms with Gasteiger partial charge in [-0.25, -0.2) is 9.97 Å². The minimum atomic E-state index is 0.635. The highest BCUT2D eigenvalue weighted by Gasteiger charge is 2.21. The van der Waals surface area contributed by atoms with Gasteiger partial charge in [-0.05, 0) is 30.7 Å². The number of rotatable bonds is 4. The molecule has 4 rings (SSSR count). The molecule has 0 radical (unpaired) electrons. The summed E-state index contributed by atoms with van der Waals surface area (Å²) in [5, 5.41) is 11.6. The molecular formula is C18H20N8. The molecule has 0 unspecified atom stereocenters. The van der Waals surface area contributed by atoms with Gasteiger partial charge in [-0.3, -0.25) is 0 Å². The van der Waals surface area contributed by atoms with Crippen molar-refractivity contribution in [3.05, 3.63) is 54.5 Å². The van der Waals surface area contributed by atoms with Crippen LogP contribution in [0.25, 0.3) is 0 Å². The van der Waals surface area contributed by atoms with Crippen molar-refractivity contribution in [2.45, 2.75) is 6.92 Å². The molecule has 26 heavy (non-hydrogen) atoms. The summed E-state index contributed by atoms with van der Waals surface area (Å²) in [5.74, 6) is 2.09. The number of aryl methyl sites for hydroxylation is 1. The third kappa shape index (κ3) is 3.69. The lowest BCUT2D eigenvalue weighted by Gasteiger charge is -2.34. The molecule has 1 aliphatic heterocycles. The fraction of sp³-hybridized carbons (Fsp3) is 0.278. The number of aromatic nitrogens is 5. The smallest absolute Gasteiger partial charge is 0.247 e. The zero-order valence-electron chi connectivity index (χ0n) is 14.6. The van der Waals surface area contributed by atoms with Crippen LogP contribution in [0.1, 0.15) is 5.56 Å². The van der Waals surface area contributed by atoms with E-state index in [1.165, 1.54) is 5.56 Å². The number of benzene rings is 1. The predicted octanol–water partition coefficient (Wildman–Crippen LogP) is 2.04. The number of hydrogen-bond acceptors (Lipinski definition) is 8. The van der Waals surface area contributed by atoms with Crippen LogP contribution in [0.4, 0.5) is 23.4 Å². The van der Waals surface area contributed by atoms with Crippen LogP contribution in [0.15, 0.2) is 48.9 Å². The average molecular weight is 348 g/mol. The minimum absolute atomic E-state index is 0.635. The highest BCUT2D eigenvalue weighted by molar-refractivity contribution is 5.57. The molecule has 0 atom stereocenters. The molecule has 0 amide bonds. The Kier molecular flexibility index (Phi) is 4.55. The van der Waals surface area contributed by atoms with E-state index in [1.54, 1.807) is 18.6 Å². The number of hydrogen-bond donors (Lipinski definition) is 1. The molecule has 132 valence electrons. The van der Waals surface area contributed by atoms with Crippen LogP contribution in [-0.4, -0.2) is 51.3 Å². The van der Waals surface area contributed by atoms with Crippen molar-refractivity contribution in [3.63, 3.8) is 0 Å². The van der Waals surface area contributed by atoms with Crippen molar-refractivity contribution >= 4 is 23.4 Å². The van der Waals surface area contributed by atoms with E-state index in [0.29, 0.717) is 11.8 Å². The maximum absolute atomic E-state index is 4.61. The summed E-state index contributed by atoms with van der Waals surface area (Å²) < 4.78 is 0. The fourth-order valence-electron chi connectivity index (χ4n) is 2.92. The molecule has 0 spiro atoms. The van der Waals surface area contributed by atoms with Crippen LogP contribution in [0.3, 0.4) is 0 Å². The zero-order valence-corrected chi connectivity index (χ0v) is 14.6. The second-order valence-electron chi connectivity index (χ2n) is 6.16. The largest absolute Gasteiger partial charge is 0.339 e. The van der Waals surface area contributed by atoms with E-state index in [9.17, 15) is 0 Å². The van der Waals surface area contributed by atoms with E-state index in [4.69, 9.17) is 0 Å². The quantitative estimate of drug-likeness (QED) is 0.767. The Balaban J connectivity index is 1.43. The van der Waals surface area contributed by atoms with E-state index in [0.717, 1.165) is 37.8 Å². The Labute approximate surface area is 152 Å². The average Bonchev–Trinajstić information content (AvgIpc) is 2.69. The Morgan fingerprint density at radius 2 is 1.65 bits per heavy atom. The van der Waals surface area contributed by atoms with Gasteiger partial charge in [0.15, 0.2) is 5.82 Å². The van der Waals surface area contributed by atoms with Gasteiger partial charge in [-0.15, -0.1) is 5.10 Å². The van der Waals surface area contributed by atoms with Crippen LogP contribution >= 0.6 is 0 Å². The summed E-state index contributed by atoms with van der Waals surface area (Å²) >= 11 is 0. The Morgan fingerprint density at radius 1 is 0.923 bits per heavy atom. The lowest BCUT2D eigenvalue weighted by atomic mass is 10.2. The summed E-state index contributed by atoms with van der Waals surface area (Å²) in [6, 6.07) is 9.97. The van der Waals surface area contributed by atoms with E-state index in [-0.39, 0.29) is 0 Å². The molecule has 0 bridgehead atoms. The van der Waals surface area contributed by atoms with Gasteiger partial charge in [0.2, 0.25) is 11.9 Å². The van der Waals surface area contributed by atoms with Gasteiger partial charge >= 0.3 is 0 Å². The molecule has 1 saturated heterocycles. The van der Waals surface area contributed by atoms with Gasteiger partial charge in [0.1, 0.15) is 0 Å². The van der Waals surface area contributed by atoms with Crippen molar-refractivity contribution < 1.29 is 0 Å². The van der Waals surface area contributed by atoms with E-state index < -0.39 is 0 Å².